The molecule has 2 aliphatic rings. The van der Waals surface area contributed by atoms with Crippen LogP contribution in [-0.4, -0.2) is 43.6 Å². The fourth-order valence-corrected chi connectivity index (χ4v) is 3.83. The summed E-state index contributed by atoms with van der Waals surface area (Å²) in [6, 6.07) is 8.20. The molecular formula is C20H31ClN2O2. The highest BCUT2D eigenvalue weighted by atomic mass is 35.5. The minimum absolute atomic E-state index is 0. The molecule has 0 spiro atoms. The van der Waals surface area contributed by atoms with Crippen LogP contribution in [0.5, 0.6) is 5.75 Å². The summed E-state index contributed by atoms with van der Waals surface area (Å²) >= 11 is 0. The van der Waals surface area contributed by atoms with E-state index in [1.54, 1.807) is 0 Å². The second kappa shape index (κ2) is 9.44. The van der Waals surface area contributed by atoms with Gasteiger partial charge in [-0.2, -0.15) is 0 Å². The van der Waals surface area contributed by atoms with Crippen LogP contribution in [-0.2, 0) is 4.79 Å². The van der Waals surface area contributed by atoms with Gasteiger partial charge in [-0.25, -0.2) is 0 Å². The van der Waals surface area contributed by atoms with E-state index in [1.165, 1.54) is 5.56 Å². The molecule has 0 saturated carbocycles. The number of carbonyl (C=O) groups excluding carboxylic acids is 1. The van der Waals surface area contributed by atoms with Gasteiger partial charge in [-0.3, -0.25) is 4.79 Å². The molecule has 0 aliphatic carbocycles. The van der Waals surface area contributed by atoms with Crippen LogP contribution in [0.3, 0.4) is 0 Å². The SMILES string of the molecule is CC(C)c1ccc(OCCC(=O)N2CC[C@@H]3CNC[C@@H]3CC2)cc1.Cl. The molecule has 2 aliphatic heterocycles. The Kier molecular flexibility index (Phi) is 7.57. The van der Waals surface area contributed by atoms with Gasteiger partial charge in [0.2, 0.25) is 5.91 Å². The molecule has 4 nitrogen and oxygen atoms in total. The number of hydrogen-bond acceptors (Lipinski definition) is 3. The molecule has 0 unspecified atom stereocenters. The molecule has 1 amide bonds. The molecule has 5 heteroatoms. The topological polar surface area (TPSA) is 41.6 Å². The Bertz CT molecular complexity index is 533. The van der Waals surface area contributed by atoms with Crippen molar-refractivity contribution in [1.29, 1.82) is 0 Å². The Labute approximate surface area is 157 Å². The maximum Gasteiger partial charge on any atom is 0.225 e. The quantitative estimate of drug-likeness (QED) is 0.867. The average molecular weight is 367 g/mol. The molecule has 1 aromatic carbocycles. The number of nitrogens with one attached hydrogen (secondary N) is 1. The molecule has 1 aromatic rings. The lowest BCUT2D eigenvalue weighted by Gasteiger charge is -2.21. The van der Waals surface area contributed by atoms with Gasteiger partial charge < -0.3 is 15.0 Å². The Morgan fingerprint density at radius 3 is 2.32 bits per heavy atom. The zero-order chi connectivity index (χ0) is 16.9. The number of benzene rings is 1. The van der Waals surface area contributed by atoms with Crippen molar-refractivity contribution in [3.8, 4) is 5.75 Å². The van der Waals surface area contributed by atoms with Crippen LogP contribution >= 0.6 is 12.4 Å². The number of rotatable bonds is 5. The van der Waals surface area contributed by atoms with E-state index in [9.17, 15) is 4.79 Å². The molecule has 140 valence electrons. The summed E-state index contributed by atoms with van der Waals surface area (Å²) in [5.74, 6) is 3.14. The van der Waals surface area contributed by atoms with Gasteiger partial charge in [0.05, 0.1) is 13.0 Å². The minimum atomic E-state index is 0. The molecule has 0 radical (unpaired) electrons. The molecule has 2 heterocycles. The van der Waals surface area contributed by atoms with Crippen LogP contribution in [0.25, 0.3) is 0 Å². The lowest BCUT2D eigenvalue weighted by molar-refractivity contribution is -0.131. The second-order valence-electron chi connectivity index (χ2n) is 7.46. The predicted octanol–water partition coefficient (Wildman–Crippen LogP) is 3.46. The van der Waals surface area contributed by atoms with Gasteiger partial charge in [-0.15, -0.1) is 12.4 Å². The number of carbonyl (C=O) groups is 1. The van der Waals surface area contributed by atoms with Crippen LogP contribution in [0.15, 0.2) is 24.3 Å². The molecule has 3 rings (SSSR count). The third kappa shape index (κ3) is 5.35. The van der Waals surface area contributed by atoms with E-state index in [4.69, 9.17) is 4.74 Å². The summed E-state index contributed by atoms with van der Waals surface area (Å²) in [5.41, 5.74) is 1.31. The van der Waals surface area contributed by atoms with Crippen LogP contribution in [0.4, 0.5) is 0 Å². The standard InChI is InChI=1S/C20H30N2O2.ClH/c1-15(2)16-3-5-19(6-4-16)24-12-9-20(23)22-10-7-17-13-21-14-18(17)8-11-22;/h3-6,15,17-18,21H,7-14H2,1-2H3;1H/t17-,18+;. The largest absolute Gasteiger partial charge is 0.493 e. The van der Waals surface area contributed by atoms with E-state index >= 15 is 0 Å². The smallest absolute Gasteiger partial charge is 0.225 e. The van der Waals surface area contributed by atoms with Gasteiger partial charge >= 0.3 is 0 Å². The van der Waals surface area contributed by atoms with Gasteiger partial charge in [0.1, 0.15) is 5.75 Å². The molecule has 2 saturated heterocycles. The molecule has 0 aromatic heterocycles. The van der Waals surface area contributed by atoms with E-state index in [0.29, 0.717) is 18.9 Å². The Morgan fingerprint density at radius 2 is 1.76 bits per heavy atom. The maximum atomic E-state index is 12.4. The maximum absolute atomic E-state index is 12.4. The van der Waals surface area contributed by atoms with Crippen molar-refractivity contribution in [2.24, 2.45) is 11.8 Å². The Balaban J connectivity index is 0.00000225. The van der Waals surface area contributed by atoms with Crippen molar-refractivity contribution < 1.29 is 9.53 Å². The lowest BCUT2D eigenvalue weighted by atomic mass is 9.92. The van der Waals surface area contributed by atoms with Crippen molar-refractivity contribution in [3.63, 3.8) is 0 Å². The predicted molar refractivity (Wildman–Crippen MR) is 104 cm³/mol. The van der Waals surface area contributed by atoms with Gasteiger partial charge in [0.15, 0.2) is 0 Å². The first-order chi connectivity index (χ1) is 11.6. The van der Waals surface area contributed by atoms with Gasteiger partial charge in [0, 0.05) is 13.1 Å². The highest BCUT2D eigenvalue weighted by Crippen LogP contribution is 2.27. The van der Waals surface area contributed by atoms with Crippen molar-refractivity contribution in [3.05, 3.63) is 29.8 Å². The first kappa shape index (κ1) is 20.1. The van der Waals surface area contributed by atoms with E-state index in [2.05, 4.69) is 31.3 Å². The molecule has 0 bridgehead atoms. The van der Waals surface area contributed by atoms with Crippen LogP contribution < -0.4 is 10.1 Å². The van der Waals surface area contributed by atoms with Gasteiger partial charge in [-0.05, 0) is 61.4 Å². The summed E-state index contributed by atoms with van der Waals surface area (Å²) in [7, 11) is 0. The first-order valence-corrected chi connectivity index (χ1v) is 9.34. The first-order valence-electron chi connectivity index (χ1n) is 9.34. The molecule has 25 heavy (non-hydrogen) atoms. The number of amides is 1. The summed E-state index contributed by atoms with van der Waals surface area (Å²) in [6.45, 7) is 8.89. The fourth-order valence-electron chi connectivity index (χ4n) is 3.83. The molecule has 1 N–H and O–H groups in total. The highest BCUT2D eigenvalue weighted by molar-refractivity contribution is 5.85. The third-order valence-electron chi connectivity index (χ3n) is 5.50. The van der Waals surface area contributed by atoms with Crippen molar-refractivity contribution in [1.82, 2.24) is 10.2 Å². The number of likely N-dealkylation sites (tertiary alicyclic amines) is 1. The van der Waals surface area contributed by atoms with Crippen LogP contribution in [0.2, 0.25) is 0 Å². The summed E-state index contributed by atoms with van der Waals surface area (Å²) < 4.78 is 5.75. The van der Waals surface area contributed by atoms with Gasteiger partial charge in [0.25, 0.3) is 0 Å². The minimum Gasteiger partial charge on any atom is -0.493 e. The Hall–Kier alpha value is -1.26. The zero-order valence-corrected chi connectivity index (χ0v) is 16.2. The normalized spacial score (nSPS) is 22.9. The summed E-state index contributed by atoms with van der Waals surface area (Å²) in [5, 5.41) is 3.48. The number of nitrogens with zero attached hydrogens (tertiary/aromatic N) is 1. The number of hydrogen-bond donors (Lipinski definition) is 1. The van der Waals surface area contributed by atoms with Crippen molar-refractivity contribution in [2.75, 3.05) is 32.8 Å². The number of ether oxygens (including phenoxy) is 1. The molecule has 2 atom stereocenters. The van der Waals surface area contributed by atoms with Gasteiger partial charge in [-0.1, -0.05) is 26.0 Å². The fraction of sp³-hybridized carbons (Fsp3) is 0.650. The van der Waals surface area contributed by atoms with Crippen LogP contribution in [0, 0.1) is 11.8 Å². The number of halogens is 1. The molecule has 2 fully saturated rings. The summed E-state index contributed by atoms with van der Waals surface area (Å²) in [6.07, 6.45) is 2.75. The monoisotopic (exact) mass is 366 g/mol. The van der Waals surface area contributed by atoms with Crippen molar-refractivity contribution >= 4 is 18.3 Å². The summed E-state index contributed by atoms with van der Waals surface area (Å²) in [4.78, 5) is 14.5. The third-order valence-corrected chi connectivity index (χ3v) is 5.50. The number of fused-ring (bicyclic) bond motifs is 1. The van der Waals surface area contributed by atoms with E-state index in [0.717, 1.165) is 56.6 Å². The van der Waals surface area contributed by atoms with Crippen LogP contribution in [0.1, 0.15) is 44.6 Å². The van der Waals surface area contributed by atoms with Crippen molar-refractivity contribution in [2.45, 2.75) is 39.0 Å². The average Bonchev–Trinajstić information content (AvgIpc) is 2.93. The zero-order valence-electron chi connectivity index (χ0n) is 15.4. The second-order valence-corrected chi connectivity index (χ2v) is 7.46. The Morgan fingerprint density at radius 1 is 1.16 bits per heavy atom. The van der Waals surface area contributed by atoms with E-state index < -0.39 is 0 Å². The van der Waals surface area contributed by atoms with E-state index in [-0.39, 0.29) is 18.3 Å². The highest BCUT2D eigenvalue weighted by Gasteiger charge is 2.31. The van der Waals surface area contributed by atoms with E-state index in [1.807, 2.05) is 17.0 Å². The lowest BCUT2D eigenvalue weighted by Crippen LogP contribution is -2.33. The molecular weight excluding hydrogens is 336 g/mol.